The number of benzene rings is 2. The molecule has 0 saturated carbocycles. The number of amides is 1. The number of nitrogens with zero attached hydrogens (tertiary/aromatic N) is 1. The zero-order chi connectivity index (χ0) is 19.5. The summed E-state index contributed by atoms with van der Waals surface area (Å²) >= 11 is 0. The van der Waals surface area contributed by atoms with Gasteiger partial charge in [-0.2, -0.15) is 5.10 Å². The number of carbonyl (C=O) groups is 1. The molecule has 0 atom stereocenters. The Labute approximate surface area is 159 Å². The molecule has 0 aliphatic carbocycles. The first-order chi connectivity index (χ1) is 13.2. The van der Waals surface area contributed by atoms with Gasteiger partial charge < -0.3 is 14.2 Å². The van der Waals surface area contributed by atoms with E-state index < -0.39 is 0 Å². The molecule has 1 N–H and O–H groups in total. The molecule has 0 saturated heterocycles. The van der Waals surface area contributed by atoms with Crippen LogP contribution in [0, 0.1) is 12.3 Å². The number of hydrazone groups is 1. The summed E-state index contributed by atoms with van der Waals surface area (Å²) in [6, 6.07) is 12.2. The number of rotatable bonds is 9. The SMILES string of the molecule is C#CCOc1ccc(/C=N/NC(=O)c2ccc(OCC)c(OCC)c2)cc1. The minimum absolute atomic E-state index is 0.218. The van der Waals surface area contributed by atoms with E-state index in [9.17, 15) is 4.79 Å². The Bertz CT molecular complexity index is 823. The van der Waals surface area contributed by atoms with Crippen molar-refractivity contribution < 1.29 is 19.0 Å². The average Bonchev–Trinajstić information content (AvgIpc) is 2.69. The number of hydrogen-bond acceptors (Lipinski definition) is 5. The largest absolute Gasteiger partial charge is 0.490 e. The fourth-order valence-corrected chi connectivity index (χ4v) is 2.20. The lowest BCUT2D eigenvalue weighted by Crippen LogP contribution is -2.17. The van der Waals surface area contributed by atoms with Crippen molar-refractivity contribution in [2.24, 2.45) is 5.10 Å². The summed E-state index contributed by atoms with van der Waals surface area (Å²) in [6.45, 7) is 4.97. The molecule has 0 bridgehead atoms. The lowest BCUT2D eigenvalue weighted by molar-refractivity contribution is 0.0954. The van der Waals surface area contributed by atoms with Crippen LogP contribution in [0.25, 0.3) is 0 Å². The molecule has 1 amide bonds. The molecule has 2 aromatic carbocycles. The highest BCUT2D eigenvalue weighted by Gasteiger charge is 2.11. The van der Waals surface area contributed by atoms with Crippen molar-refractivity contribution >= 4 is 12.1 Å². The highest BCUT2D eigenvalue weighted by atomic mass is 16.5. The quantitative estimate of drug-likeness (QED) is 0.420. The lowest BCUT2D eigenvalue weighted by Gasteiger charge is -2.11. The molecule has 0 heterocycles. The van der Waals surface area contributed by atoms with E-state index in [1.807, 2.05) is 26.0 Å². The maximum absolute atomic E-state index is 12.3. The van der Waals surface area contributed by atoms with Gasteiger partial charge in [-0.1, -0.05) is 5.92 Å². The van der Waals surface area contributed by atoms with Crippen molar-refractivity contribution in [2.45, 2.75) is 13.8 Å². The molecule has 0 unspecified atom stereocenters. The zero-order valence-corrected chi connectivity index (χ0v) is 15.4. The van der Waals surface area contributed by atoms with Gasteiger partial charge in [-0.05, 0) is 61.9 Å². The third-order valence-corrected chi connectivity index (χ3v) is 3.39. The van der Waals surface area contributed by atoms with Crippen molar-refractivity contribution in [3.05, 3.63) is 53.6 Å². The van der Waals surface area contributed by atoms with E-state index in [-0.39, 0.29) is 12.5 Å². The summed E-state index contributed by atoms with van der Waals surface area (Å²) < 4.78 is 16.3. The van der Waals surface area contributed by atoms with Crippen LogP contribution in [0.15, 0.2) is 47.6 Å². The second-order valence-electron chi connectivity index (χ2n) is 5.29. The average molecular weight is 366 g/mol. The van der Waals surface area contributed by atoms with Gasteiger partial charge in [-0.3, -0.25) is 4.79 Å². The van der Waals surface area contributed by atoms with Crippen LogP contribution in [0.5, 0.6) is 17.2 Å². The zero-order valence-electron chi connectivity index (χ0n) is 15.4. The smallest absolute Gasteiger partial charge is 0.271 e. The maximum Gasteiger partial charge on any atom is 0.271 e. The summed E-state index contributed by atoms with van der Waals surface area (Å²) in [7, 11) is 0. The van der Waals surface area contributed by atoms with Crippen LogP contribution in [-0.2, 0) is 0 Å². The van der Waals surface area contributed by atoms with Gasteiger partial charge in [0.05, 0.1) is 19.4 Å². The normalized spacial score (nSPS) is 10.3. The summed E-state index contributed by atoms with van der Waals surface area (Å²) in [5.74, 6) is 3.86. The first-order valence-corrected chi connectivity index (χ1v) is 8.57. The molecule has 6 nitrogen and oxygen atoms in total. The van der Waals surface area contributed by atoms with E-state index in [0.717, 1.165) is 5.56 Å². The number of terminal acetylenes is 1. The Morgan fingerprint density at radius 3 is 2.44 bits per heavy atom. The Morgan fingerprint density at radius 1 is 1.07 bits per heavy atom. The van der Waals surface area contributed by atoms with Crippen molar-refractivity contribution in [3.63, 3.8) is 0 Å². The third kappa shape index (κ3) is 6.08. The minimum Gasteiger partial charge on any atom is -0.490 e. The molecule has 0 fully saturated rings. The van der Waals surface area contributed by atoms with Gasteiger partial charge >= 0.3 is 0 Å². The van der Waals surface area contributed by atoms with Crippen LogP contribution in [-0.4, -0.2) is 31.9 Å². The Hall–Kier alpha value is -3.46. The minimum atomic E-state index is -0.343. The number of hydrogen-bond donors (Lipinski definition) is 1. The Kier molecular flexibility index (Phi) is 7.73. The van der Waals surface area contributed by atoms with Crippen LogP contribution in [0.2, 0.25) is 0 Å². The Balaban J connectivity index is 1.99. The van der Waals surface area contributed by atoms with Gasteiger partial charge in [0.1, 0.15) is 12.4 Å². The molecular weight excluding hydrogens is 344 g/mol. The van der Waals surface area contributed by atoms with Gasteiger partial charge in [-0.25, -0.2) is 5.43 Å². The second kappa shape index (κ2) is 10.5. The van der Waals surface area contributed by atoms with Gasteiger partial charge in [0.15, 0.2) is 11.5 Å². The molecule has 0 aliphatic rings. The van der Waals surface area contributed by atoms with E-state index in [2.05, 4.69) is 16.4 Å². The fraction of sp³-hybridized carbons (Fsp3) is 0.238. The number of carbonyl (C=O) groups excluding carboxylic acids is 1. The molecule has 6 heteroatoms. The molecule has 0 aromatic heterocycles. The number of nitrogens with one attached hydrogen (secondary N) is 1. The van der Waals surface area contributed by atoms with Crippen molar-refractivity contribution in [2.75, 3.05) is 19.8 Å². The van der Waals surface area contributed by atoms with E-state index in [1.165, 1.54) is 0 Å². The summed E-state index contributed by atoms with van der Waals surface area (Å²) in [5, 5.41) is 3.97. The fourth-order valence-electron chi connectivity index (χ4n) is 2.20. The van der Waals surface area contributed by atoms with Gasteiger partial charge in [0, 0.05) is 5.56 Å². The topological polar surface area (TPSA) is 69.2 Å². The molecule has 2 rings (SSSR count). The van der Waals surface area contributed by atoms with Gasteiger partial charge in [0.2, 0.25) is 0 Å². The predicted molar refractivity (Wildman–Crippen MR) is 105 cm³/mol. The molecule has 0 radical (unpaired) electrons. The van der Waals surface area contributed by atoms with Crippen molar-refractivity contribution in [3.8, 4) is 29.6 Å². The van der Waals surface area contributed by atoms with Crippen LogP contribution in [0.1, 0.15) is 29.8 Å². The monoisotopic (exact) mass is 366 g/mol. The molecule has 0 spiro atoms. The van der Waals surface area contributed by atoms with Crippen molar-refractivity contribution in [1.29, 1.82) is 0 Å². The second-order valence-corrected chi connectivity index (χ2v) is 5.29. The van der Waals surface area contributed by atoms with Crippen LogP contribution in [0.4, 0.5) is 0 Å². The van der Waals surface area contributed by atoms with E-state index >= 15 is 0 Å². The van der Waals surface area contributed by atoms with E-state index in [0.29, 0.717) is 36.0 Å². The number of ether oxygens (including phenoxy) is 3. The van der Waals surface area contributed by atoms with Gasteiger partial charge in [0.25, 0.3) is 5.91 Å². The first-order valence-electron chi connectivity index (χ1n) is 8.57. The van der Waals surface area contributed by atoms with Crippen LogP contribution in [0.3, 0.4) is 0 Å². The van der Waals surface area contributed by atoms with Gasteiger partial charge in [-0.15, -0.1) is 6.42 Å². The molecule has 140 valence electrons. The predicted octanol–water partition coefficient (Wildman–Crippen LogP) is 3.26. The highest BCUT2D eigenvalue weighted by Crippen LogP contribution is 2.28. The standard InChI is InChI=1S/C21H22N2O4/c1-4-13-27-18-10-7-16(8-11-18)15-22-23-21(24)17-9-12-19(25-5-2)20(14-17)26-6-3/h1,7-12,14-15H,5-6,13H2,2-3H3,(H,23,24)/b22-15+. The van der Waals surface area contributed by atoms with E-state index in [4.69, 9.17) is 20.6 Å². The third-order valence-electron chi connectivity index (χ3n) is 3.39. The summed E-state index contributed by atoms with van der Waals surface area (Å²) in [5.41, 5.74) is 3.73. The Morgan fingerprint density at radius 2 is 1.78 bits per heavy atom. The highest BCUT2D eigenvalue weighted by molar-refractivity contribution is 5.95. The van der Waals surface area contributed by atoms with Crippen molar-refractivity contribution in [1.82, 2.24) is 5.43 Å². The van der Waals surface area contributed by atoms with Crippen LogP contribution >= 0.6 is 0 Å². The lowest BCUT2D eigenvalue weighted by atomic mass is 10.2. The molecule has 2 aromatic rings. The molecule has 0 aliphatic heterocycles. The summed E-state index contributed by atoms with van der Waals surface area (Å²) in [4.78, 5) is 12.3. The summed E-state index contributed by atoms with van der Waals surface area (Å²) in [6.07, 6.45) is 6.69. The first kappa shape index (κ1) is 19.9. The molecule has 27 heavy (non-hydrogen) atoms. The molecular formula is C21H22N2O4. The maximum atomic E-state index is 12.3. The van der Waals surface area contributed by atoms with Crippen LogP contribution < -0.4 is 19.6 Å². The van der Waals surface area contributed by atoms with E-state index in [1.54, 1.807) is 36.5 Å².